The molecule has 1 nitrogen and oxygen atoms in total. The SMILES string of the molecule is C1=CNC(CC2C=C(Cc3ccccc3)c3ccccc32)C=C1. The van der Waals surface area contributed by atoms with Gasteiger partial charge in [0.1, 0.15) is 0 Å². The van der Waals surface area contributed by atoms with Crippen molar-refractivity contribution < 1.29 is 0 Å². The van der Waals surface area contributed by atoms with Gasteiger partial charge in [-0.05, 0) is 47.4 Å². The predicted molar refractivity (Wildman–Crippen MR) is 97.1 cm³/mol. The van der Waals surface area contributed by atoms with Crippen molar-refractivity contribution in [1.29, 1.82) is 0 Å². The third kappa shape index (κ3) is 3.00. The second kappa shape index (κ2) is 6.29. The van der Waals surface area contributed by atoms with Crippen LogP contribution in [0.3, 0.4) is 0 Å². The summed E-state index contributed by atoms with van der Waals surface area (Å²) in [6.45, 7) is 0. The third-order valence-corrected chi connectivity index (χ3v) is 4.71. The number of hydrogen-bond acceptors (Lipinski definition) is 1. The predicted octanol–water partition coefficient (Wildman–Crippen LogP) is 4.84. The molecule has 23 heavy (non-hydrogen) atoms. The van der Waals surface area contributed by atoms with Crippen molar-refractivity contribution in [3.63, 3.8) is 0 Å². The minimum absolute atomic E-state index is 0.422. The van der Waals surface area contributed by atoms with Gasteiger partial charge in [0.2, 0.25) is 0 Å². The number of fused-ring (bicyclic) bond motifs is 1. The highest BCUT2D eigenvalue weighted by Crippen LogP contribution is 2.40. The van der Waals surface area contributed by atoms with Crippen LogP contribution in [0.4, 0.5) is 0 Å². The van der Waals surface area contributed by atoms with Gasteiger partial charge in [0.15, 0.2) is 0 Å². The molecule has 0 amide bonds. The number of benzene rings is 2. The van der Waals surface area contributed by atoms with Gasteiger partial charge in [-0.2, -0.15) is 0 Å². The van der Waals surface area contributed by atoms with Crippen LogP contribution < -0.4 is 5.32 Å². The van der Waals surface area contributed by atoms with Crippen LogP contribution >= 0.6 is 0 Å². The van der Waals surface area contributed by atoms with Gasteiger partial charge in [0.05, 0.1) is 0 Å². The van der Waals surface area contributed by atoms with Crippen molar-refractivity contribution in [3.05, 3.63) is 102 Å². The minimum atomic E-state index is 0.422. The molecule has 0 spiro atoms. The lowest BCUT2D eigenvalue weighted by Crippen LogP contribution is -2.25. The summed E-state index contributed by atoms with van der Waals surface area (Å²) in [6.07, 6.45) is 13.1. The molecule has 114 valence electrons. The molecule has 0 radical (unpaired) electrons. The molecule has 2 aromatic carbocycles. The van der Waals surface area contributed by atoms with Gasteiger partial charge in [-0.1, -0.05) is 72.8 Å². The third-order valence-electron chi connectivity index (χ3n) is 4.71. The molecule has 1 heteroatoms. The van der Waals surface area contributed by atoms with Crippen molar-refractivity contribution >= 4 is 5.57 Å². The standard InChI is InChI=1S/C22H21N/c1-2-8-17(9-3-1)14-18-15-19(16-20-10-6-7-13-23-20)22-12-5-4-11-21(18)22/h1-13,15,19-20,23H,14,16H2. The molecule has 4 rings (SSSR count). The Labute approximate surface area is 138 Å². The van der Waals surface area contributed by atoms with E-state index in [4.69, 9.17) is 0 Å². The average molecular weight is 299 g/mol. The zero-order valence-electron chi connectivity index (χ0n) is 13.2. The van der Waals surface area contributed by atoms with Crippen LogP contribution in [-0.4, -0.2) is 6.04 Å². The smallest absolute Gasteiger partial charge is 0.0450 e. The number of rotatable bonds is 4. The van der Waals surface area contributed by atoms with Gasteiger partial charge in [0, 0.05) is 12.0 Å². The molecule has 2 aromatic rings. The molecule has 2 unspecified atom stereocenters. The molecule has 1 heterocycles. The average Bonchev–Trinajstić information content (AvgIpc) is 2.95. The molecule has 1 aliphatic heterocycles. The zero-order valence-corrected chi connectivity index (χ0v) is 13.2. The Hall–Kier alpha value is -2.54. The van der Waals surface area contributed by atoms with E-state index >= 15 is 0 Å². The first-order chi connectivity index (χ1) is 11.4. The van der Waals surface area contributed by atoms with Crippen LogP contribution in [0.15, 0.2) is 85.1 Å². The number of hydrogen-bond donors (Lipinski definition) is 1. The number of dihydropyridines is 1. The Morgan fingerprint density at radius 1 is 0.870 bits per heavy atom. The summed E-state index contributed by atoms with van der Waals surface area (Å²) in [5.41, 5.74) is 5.75. The molecule has 2 atom stereocenters. The summed E-state index contributed by atoms with van der Waals surface area (Å²) < 4.78 is 0. The maximum absolute atomic E-state index is 3.44. The van der Waals surface area contributed by atoms with Crippen LogP contribution in [0.5, 0.6) is 0 Å². The minimum Gasteiger partial charge on any atom is -0.385 e. The summed E-state index contributed by atoms with van der Waals surface area (Å²) in [5, 5.41) is 3.44. The molecule has 1 aliphatic carbocycles. The normalized spacial score (nSPS) is 21.7. The van der Waals surface area contributed by atoms with E-state index in [2.05, 4.69) is 84.2 Å². The van der Waals surface area contributed by atoms with E-state index in [0.717, 1.165) is 12.8 Å². The van der Waals surface area contributed by atoms with E-state index in [1.807, 2.05) is 6.20 Å². The quantitative estimate of drug-likeness (QED) is 0.851. The molecule has 1 N–H and O–H groups in total. The first-order valence-electron chi connectivity index (χ1n) is 8.33. The fourth-order valence-corrected chi connectivity index (χ4v) is 3.61. The van der Waals surface area contributed by atoms with E-state index < -0.39 is 0 Å². The highest BCUT2D eigenvalue weighted by molar-refractivity contribution is 5.76. The molecule has 2 aliphatic rings. The summed E-state index contributed by atoms with van der Waals surface area (Å²) in [4.78, 5) is 0. The zero-order chi connectivity index (χ0) is 15.5. The van der Waals surface area contributed by atoms with Gasteiger partial charge in [-0.3, -0.25) is 0 Å². The molecule has 0 fully saturated rings. The Kier molecular flexibility index (Phi) is 3.85. The molecule has 0 bridgehead atoms. The Morgan fingerprint density at radius 3 is 2.52 bits per heavy atom. The summed E-state index contributed by atoms with van der Waals surface area (Å²) >= 11 is 0. The maximum atomic E-state index is 3.44. The number of nitrogens with one attached hydrogen (secondary N) is 1. The van der Waals surface area contributed by atoms with Crippen LogP contribution in [0.1, 0.15) is 29.0 Å². The van der Waals surface area contributed by atoms with Crippen LogP contribution in [0, 0.1) is 0 Å². The Balaban J connectivity index is 1.59. The first-order valence-corrected chi connectivity index (χ1v) is 8.33. The Morgan fingerprint density at radius 2 is 1.70 bits per heavy atom. The maximum Gasteiger partial charge on any atom is 0.0450 e. The second-order valence-corrected chi connectivity index (χ2v) is 6.30. The van der Waals surface area contributed by atoms with Crippen LogP contribution in [0.2, 0.25) is 0 Å². The van der Waals surface area contributed by atoms with Crippen molar-refractivity contribution in [2.24, 2.45) is 0 Å². The largest absolute Gasteiger partial charge is 0.385 e. The summed E-state index contributed by atoms with van der Waals surface area (Å²) in [5.74, 6) is 0.499. The highest BCUT2D eigenvalue weighted by Gasteiger charge is 2.24. The van der Waals surface area contributed by atoms with Gasteiger partial charge in [0.25, 0.3) is 0 Å². The monoisotopic (exact) mass is 299 g/mol. The van der Waals surface area contributed by atoms with Gasteiger partial charge in [-0.25, -0.2) is 0 Å². The highest BCUT2D eigenvalue weighted by atomic mass is 14.9. The summed E-state index contributed by atoms with van der Waals surface area (Å²) in [7, 11) is 0. The van der Waals surface area contributed by atoms with Crippen molar-refractivity contribution in [2.45, 2.75) is 24.8 Å². The van der Waals surface area contributed by atoms with Crippen LogP contribution in [-0.2, 0) is 6.42 Å². The van der Waals surface area contributed by atoms with Crippen molar-refractivity contribution in [2.75, 3.05) is 0 Å². The van der Waals surface area contributed by atoms with E-state index in [0.29, 0.717) is 12.0 Å². The summed E-state index contributed by atoms with van der Waals surface area (Å²) in [6, 6.07) is 20.1. The van der Waals surface area contributed by atoms with Gasteiger partial charge >= 0.3 is 0 Å². The Bertz CT molecular complexity index is 768. The lowest BCUT2D eigenvalue weighted by molar-refractivity contribution is 0.599. The van der Waals surface area contributed by atoms with E-state index in [1.54, 1.807) is 0 Å². The topological polar surface area (TPSA) is 12.0 Å². The lowest BCUT2D eigenvalue weighted by Gasteiger charge is -2.19. The molecule has 0 saturated heterocycles. The first kappa shape index (κ1) is 14.1. The molecular weight excluding hydrogens is 278 g/mol. The molecular formula is C22H21N. The van der Waals surface area contributed by atoms with Crippen molar-refractivity contribution in [3.8, 4) is 0 Å². The van der Waals surface area contributed by atoms with Crippen molar-refractivity contribution in [1.82, 2.24) is 5.32 Å². The van der Waals surface area contributed by atoms with Gasteiger partial charge < -0.3 is 5.32 Å². The fourth-order valence-electron chi connectivity index (χ4n) is 3.61. The van der Waals surface area contributed by atoms with E-state index in [9.17, 15) is 0 Å². The molecule has 0 aromatic heterocycles. The van der Waals surface area contributed by atoms with E-state index in [1.165, 1.54) is 22.3 Å². The van der Waals surface area contributed by atoms with E-state index in [-0.39, 0.29) is 0 Å². The second-order valence-electron chi connectivity index (χ2n) is 6.30. The fraction of sp³-hybridized carbons (Fsp3) is 0.182. The van der Waals surface area contributed by atoms with Crippen LogP contribution in [0.25, 0.3) is 5.57 Å². The molecule has 0 saturated carbocycles. The van der Waals surface area contributed by atoms with Gasteiger partial charge in [-0.15, -0.1) is 0 Å². The number of allylic oxidation sites excluding steroid dienone is 4. The lowest BCUT2D eigenvalue weighted by atomic mass is 9.93.